The van der Waals surface area contributed by atoms with Crippen molar-refractivity contribution in [2.75, 3.05) is 37.4 Å². The Labute approximate surface area is 198 Å². The van der Waals surface area contributed by atoms with Crippen molar-refractivity contribution < 1.29 is 19.1 Å². The zero-order valence-electron chi connectivity index (χ0n) is 18.6. The third-order valence-corrected chi connectivity index (χ3v) is 5.71. The van der Waals surface area contributed by atoms with Gasteiger partial charge in [-0.05, 0) is 43.2 Å². The highest BCUT2D eigenvalue weighted by molar-refractivity contribution is 6.34. The first-order valence-corrected chi connectivity index (χ1v) is 11.4. The smallest absolute Gasteiger partial charge is 0.253 e. The molecule has 176 valence electrons. The van der Waals surface area contributed by atoms with Crippen LogP contribution in [-0.4, -0.2) is 50.6 Å². The standard InChI is InChI=1S/C24H29ClN4O4/c1-33-13-12-26-23(31)18-11-10-17(14-20(18)25)27-15-22(30)29-21-9-5-4-8-19(21)24(32)28-16-6-2-3-7-16/h4-5,8-11,14,16,27H,2-3,6-7,12-13,15H2,1H3,(H,26,31)(H,28,32)(H,29,30). The normalized spacial score (nSPS) is 13.4. The fourth-order valence-corrected chi connectivity index (χ4v) is 3.94. The molecule has 1 fully saturated rings. The van der Waals surface area contributed by atoms with E-state index in [0.717, 1.165) is 25.7 Å². The van der Waals surface area contributed by atoms with Crippen molar-refractivity contribution in [3.05, 3.63) is 58.6 Å². The number of hydrogen-bond donors (Lipinski definition) is 4. The maximum atomic E-state index is 12.7. The highest BCUT2D eigenvalue weighted by Crippen LogP contribution is 2.22. The van der Waals surface area contributed by atoms with Crippen LogP contribution in [0.3, 0.4) is 0 Å². The number of amides is 3. The molecular formula is C24H29ClN4O4. The first-order valence-electron chi connectivity index (χ1n) is 11.0. The van der Waals surface area contributed by atoms with Gasteiger partial charge in [0.1, 0.15) is 0 Å². The van der Waals surface area contributed by atoms with Crippen LogP contribution in [0.1, 0.15) is 46.4 Å². The Balaban J connectivity index is 1.55. The van der Waals surface area contributed by atoms with Gasteiger partial charge in [0, 0.05) is 25.4 Å². The molecule has 8 nitrogen and oxygen atoms in total. The average molecular weight is 473 g/mol. The van der Waals surface area contributed by atoms with Crippen LogP contribution in [0.25, 0.3) is 0 Å². The van der Waals surface area contributed by atoms with Crippen LogP contribution >= 0.6 is 11.6 Å². The summed E-state index contributed by atoms with van der Waals surface area (Å²) < 4.78 is 4.91. The van der Waals surface area contributed by atoms with E-state index in [0.29, 0.717) is 35.7 Å². The van der Waals surface area contributed by atoms with Gasteiger partial charge in [-0.2, -0.15) is 0 Å². The van der Waals surface area contributed by atoms with Gasteiger partial charge in [0.05, 0.1) is 35.0 Å². The van der Waals surface area contributed by atoms with Gasteiger partial charge in [-0.25, -0.2) is 0 Å². The molecule has 0 heterocycles. The molecule has 0 aliphatic heterocycles. The van der Waals surface area contributed by atoms with Crippen molar-refractivity contribution >= 4 is 40.7 Å². The average Bonchev–Trinajstić information content (AvgIpc) is 3.31. The van der Waals surface area contributed by atoms with Gasteiger partial charge in [0.2, 0.25) is 5.91 Å². The Kier molecular flexibility index (Phi) is 9.09. The minimum Gasteiger partial charge on any atom is -0.383 e. The molecular weight excluding hydrogens is 444 g/mol. The predicted molar refractivity (Wildman–Crippen MR) is 129 cm³/mol. The quantitative estimate of drug-likeness (QED) is 0.396. The van der Waals surface area contributed by atoms with E-state index in [1.807, 2.05) is 0 Å². The second-order valence-electron chi connectivity index (χ2n) is 7.85. The monoisotopic (exact) mass is 472 g/mol. The Bertz CT molecular complexity index is 992. The van der Waals surface area contributed by atoms with Gasteiger partial charge in [-0.3, -0.25) is 14.4 Å². The molecule has 2 aromatic carbocycles. The number of rotatable bonds is 10. The summed E-state index contributed by atoms with van der Waals surface area (Å²) in [5.41, 5.74) is 1.83. The topological polar surface area (TPSA) is 109 Å². The highest BCUT2D eigenvalue weighted by Gasteiger charge is 2.20. The van der Waals surface area contributed by atoms with Crippen molar-refractivity contribution in [1.29, 1.82) is 0 Å². The van der Waals surface area contributed by atoms with E-state index in [1.165, 1.54) is 0 Å². The van der Waals surface area contributed by atoms with Crippen LogP contribution in [-0.2, 0) is 9.53 Å². The number of nitrogens with one attached hydrogen (secondary N) is 4. The van der Waals surface area contributed by atoms with E-state index in [9.17, 15) is 14.4 Å². The second kappa shape index (κ2) is 12.2. The minimum atomic E-state index is -0.311. The van der Waals surface area contributed by atoms with Crippen LogP contribution in [0, 0.1) is 0 Å². The number of para-hydroxylation sites is 1. The minimum absolute atomic E-state index is 0.0334. The summed E-state index contributed by atoms with van der Waals surface area (Å²) in [4.78, 5) is 37.3. The largest absolute Gasteiger partial charge is 0.383 e. The maximum Gasteiger partial charge on any atom is 0.253 e. The molecule has 4 N–H and O–H groups in total. The third kappa shape index (κ3) is 7.20. The lowest BCUT2D eigenvalue weighted by Crippen LogP contribution is -2.33. The van der Waals surface area contributed by atoms with Gasteiger partial charge in [0.25, 0.3) is 11.8 Å². The Morgan fingerprint density at radius 3 is 2.52 bits per heavy atom. The predicted octanol–water partition coefficient (Wildman–Crippen LogP) is 3.44. The maximum absolute atomic E-state index is 12.7. The summed E-state index contributed by atoms with van der Waals surface area (Å²) in [6.45, 7) is 0.754. The molecule has 33 heavy (non-hydrogen) atoms. The van der Waals surface area contributed by atoms with Crippen LogP contribution < -0.4 is 21.3 Å². The van der Waals surface area contributed by atoms with Gasteiger partial charge in [0.15, 0.2) is 0 Å². The van der Waals surface area contributed by atoms with E-state index in [2.05, 4.69) is 21.3 Å². The fraction of sp³-hybridized carbons (Fsp3) is 0.375. The lowest BCUT2D eigenvalue weighted by molar-refractivity contribution is -0.114. The van der Waals surface area contributed by atoms with Crippen LogP contribution in [0.2, 0.25) is 5.02 Å². The number of carbonyl (C=O) groups excluding carboxylic acids is 3. The summed E-state index contributed by atoms with van der Waals surface area (Å²) >= 11 is 6.23. The summed E-state index contributed by atoms with van der Waals surface area (Å²) in [6, 6.07) is 12.0. The Hall–Kier alpha value is -3.10. The highest BCUT2D eigenvalue weighted by atomic mass is 35.5. The van der Waals surface area contributed by atoms with Gasteiger partial charge in [-0.15, -0.1) is 0 Å². The number of benzene rings is 2. The number of halogens is 1. The van der Waals surface area contributed by atoms with Crippen LogP contribution in [0.4, 0.5) is 11.4 Å². The fourth-order valence-electron chi connectivity index (χ4n) is 3.67. The van der Waals surface area contributed by atoms with E-state index < -0.39 is 0 Å². The van der Waals surface area contributed by atoms with Crippen molar-refractivity contribution in [3.63, 3.8) is 0 Å². The van der Waals surface area contributed by atoms with Crippen LogP contribution in [0.15, 0.2) is 42.5 Å². The molecule has 0 atom stereocenters. The Morgan fingerprint density at radius 2 is 1.79 bits per heavy atom. The first kappa shape index (κ1) is 24.5. The van der Waals surface area contributed by atoms with Crippen molar-refractivity contribution in [2.24, 2.45) is 0 Å². The lowest BCUT2D eigenvalue weighted by Gasteiger charge is -2.15. The molecule has 0 bridgehead atoms. The summed E-state index contributed by atoms with van der Waals surface area (Å²) in [5, 5.41) is 11.8. The SMILES string of the molecule is COCCNC(=O)c1ccc(NCC(=O)Nc2ccccc2C(=O)NC2CCCC2)cc1Cl. The van der Waals surface area contributed by atoms with Crippen molar-refractivity contribution in [1.82, 2.24) is 10.6 Å². The molecule has 0 aromatic heterocycles. The van der Waals surface area contributed by atoms with Gasteiger partial charge in [-0.1, -0.05) is 36.6 Å². The molecule has 0 unspecified atom stereocenters. The number of methoxy groups -OCH3 is 1. The summed E-state index contributed by atoms with van der Waals surface area (Å²) in [6.07, 6.45) is 4.22. The molecule has 0 spiro atoms. The third-order valence-electron chi connectivity index (χ3n) is 5.39. The lowest BCUT2D eigenvalue weighted by atomic mass is 10.1. The van der Waals surface area contributed by atoms with Crippen molar-refractivity contribution in [2.45, 2.75) is 31.7 Å². The summed E-state index contributed by atoms with van der Waals surface area (Å²) in [5.74, 6) is -0.792. The zero-order chi connectivity index (χ0) is 23.6. The van der Waals surface area contributed by atoms with Gasteiger partial charge >= 0.3 is 0 Å². The molecule has 1 aliphatic carbocycles. The van der Waals surface area contributed by atoms with E-state index in [4.69, 9.17) is 16.3 Å². The van der Waals surface area contributed by atoms with E-state index in [1.54, 1.807) is 49.6 Å². The molecule has 9 heteroatoms. The van der Waals surface area contributed by atoms with Gasteiger partial charge < -0.3 is 26.0 Å². The Morgan fingerprint density at radius 1 is 1.03 bits per heavy atom. The molecule has 3 amide bonds. The van der Waals surface area contributed by atoms with Crippen molar-refractivity contribution in [3.8, 4) is 0 Å². The first-order chi connectivity index (χ1) is 16.0. The second-order valence-corrected chi connectivity index (χ2v) is 8.25. The zero-order valence-corrected chi connectivity index (χ0v) is 19.3. The molecule has 0 radical (unpaired) electrons. The number of ether oxygens (including phenoxy) is 1. The number of hydrogen-bond acceptors (Lipinski definition) is 5. The number of carbonyl (C=O) groups is 3. The van der Waals surface area contributed by atoms with E-state index in [-0.39, 0.29) is 35.3 Å². The number of anilines is 2. The molecule has 0 saturated heterocycles. The van der Waals surface area contributed by atoms with E-state index >= 15 is 0 Å². The van der Waals surface area contributed by atoms with Crippen LogP contribution in [0.5, 0.6) is 0 Å². The summed E-state index contributed by atoms with van der Waals surface area (Å²) in [7, 11) is 1.56. The molecule has 2 aromatic rings. The molecule has 1 saturated carbocycles. The molecule has 3 rings (SSSR count). The molecule has 1 aliphatic rings.